The van der Waals surface area contributed by atoms with Crippen molar-refractivity contribution in [2.24, 2.45) is 11.8 Å². The maximum absolute atomic E-state index is 13.2. The highest BCUT2D eigenvalue weighted by Crippen LogP contribution is 2.46. The minimum absolute atomic E-state index is 0.157. The Labute approximate surface area is 239 Å². The van der Waals surface area contributed by atoms with E-state index in [0.29, 0.717) is 30.9 Å². The fraction of sp³-hybridized carbons (Fsp3) is 0.519. The van der Waals surface area contributed by atoms with Gasteiger partial charge in [0.15, 0.2) is 0 Å². The number of rotatable bonds is 3. The number of nitrogens with two attached hydrogens (primary N) is 1. The van der Waals surface area contributed by atoms with Crippen LogP contribution in [0.3, 0.4) is 0 Å². The largest absolute Gasteiger partial charge is 0.627 e. The van der Waals surface area contributed by atoms with Crippen molar-refractivity contribution in [2.45, 2.75) is 50.9 Å². The number of carbonyl (C=O) groups excluding carboxylic acids is 2. The van der Waals surface area contributed by atoms with Gasteiger partial charge in [0.2, 0.25) is 5.91 Å². The maximum Gasteiger partial charge on any atom is 0.415 e. The SMILES string of the molecule is O=C(CC1CCN(C(=O)[NH2+][O-])CC1)N1CCC([C@H]2c3ncc(Br)cc3CCc3cc(Cl)cc(Br)c32)CC1. The van der Waals surface area contributed by atoms with Gasteiger partial charge in [-0.25, -0.2) is 4.79 Å². The van der Waals surface area contributed by atoms with Gasteiger partial charge in [-0.15, -0.1) is 0 Å². The Morgan fingerprint density at radius 1 is 1.00 bits per heavy atom. The van der Waals surface area contributed by atoms with E-state index in [4.69, 9.17) is 16.6 Å². The van der Waals surface area contributed by atoms with Crippen LogP contribution in [-0.2, 0) is 17.6 Å². The van der Waals surface area contributed by atoms with Crippen molar-refractivity contribution in [3.05, 3.63) is 66.0 Å². The Bertz CT molecular complexity index is 1180. The van der Waals surface area contributed by atoms with E-state index < -0.39 is 6.03 Å². The molecule has 0 bridgehead atoms. The molecule has 2 N–H and O–H groups in total. The van der Waals surface area contributed by atoms with Crippen molar-refractivity contribution in [1.29, 1.82) is 0 Å². The molecule has 0 radical (unpaired) electrons. The molecule has 1 aromatic carbocycles. The number of urea groups is 1. The summed E-state index contributed by atoms with van der Waals surface area (Å²) < 4.78 is 2.03. The van der Waals surface area contributed by atoms with Crippen LogP contribution in [0.15, 0.2) is 33.3 Å². The standard InChI is InChI=1S/C27H31Br2ClN4O3/c28-20-12-19-2-1-18-13-21(30)14-22(29)24(18)25(26(19)31-15-20)17-5-9-33(10-6-17)23(35)11-16-3-7-34(8-4-16)27(36)32-37/h12-17,25H,1-11,32H2/t25-/m1/s1. The summed E-state index contributed by atoms with van der Waals surface area (Å²) in [5, 5.41) is 11.5. The van der Waals surface area contributed by atoms with Crippen LogP contribution in [0.1, 0.15) is 60.4 Å². The summed E-state index contributed by atoms with van der Waals surface area (Å²) in [6.07, 6.45) is 7.65. The molecule has 3 heterocycles. The summed E-state index contributed by atoms with van der Waals surface area (Å²) in [4.78, 5) is 33.3. The molecule has 2 aliphatic heterocycles. The first-order valence-corrected chi connectivity index (χ1v) is 14.9. The molecule has 0 saturated carbocycles. The Balaban J connectivity index is 1.28. The van der Waals surface area contributed by atoms with Crippen molar-refractivity contribution < 1.29 is 15.1 Å². The average molecular weight is 655 g/mol. The maximum atomic E-state index is 13.2. The molecule has 10 heteroatoms. The van der Waals surface area contributed by atoms with Crippen LogP contribution in [-0.4, -0.2) is 52.9 Å². The summed E-state index contributed by atoms with van der Waals surface area (Å²) in [6.45, 7) is 2.60. The molecule has 2 fully saturated rings. The molecule has 1 aromatic heterocycles. The van der Waals surface area contributed by atoms with Crippen LogP contribution in [0.4, 0.5) is 4.79 Å². The predicted octanol–water partition coefficient (Wildman–Crippen LogP) is 5.01. The fourth-order valence-electron chi connectivity index (χ4n) is 6.32. The zero-order valence-corrected chi connectivity index (χ0v) is 24.5. The zero-order chi connectivity index (χ0) is 26.1. The number of hydrogen-bond acceptors (Lipinski definition) is 4. The highest BCUT2D eigenvalue weighted by molar-refractivity contribution is 9.10. The molecule has 7 nitrogen and oxygen atoms in total. The molecule has 1 aliphatic carbocycles. The lowest BCUT2D eigenvalue weighted by molar-refractivity contribution is -0.491. The number of hydroxylamine groups is 1. The highest BCUT2D eigenvalue weighted by atomic mass is 79.9. The number of pyridine rings is 1. The second kappa shape index (κ2) is 11.7. The fourth-order valence-corrected chi connectivity index (χ4v) is 7.82. The number of aromatic nitrogens is 1. The summed E-state index contributed by atoms with van der Waals surface area (Å²) >= 11 is 13.9. The Morgan fingerprint density at radius 3 is 2.38 bits per heavy atom. The molecule has 37 heavy (non-hydrogen) atoms. The lowest BCUT2D eigenvalue weighted by Crippen LogP contribution is -2.85. The molecule has 1 atom stereocenters. The number of halogens is 3. The number of quaternary nitrogens is 1. The topological polar surface area (TPSA) is 93.2 Å². The number of likely N-dealkylation sites (tertiary alicyclic amines) is 2. The van der Waals surface area contributed by atoms with Gasteiger partial charge in [-0.05, 0) is 101 Å². The van der Waals surface area contributed by atoms with Gasteiger partial charge in [-0.1, -0.05) is 27.5 Å². The van der Waals surface area contributed by atoms with Crippen molar-refractivity contribution in [3.8, 4) is 0 Å². The molecular formula is C27H31Br2ClN4O3. The van der Waals surface area contributed by atoms with Crippen molar-refractivity contribution in [3.63, 3.8) is 0 Å². The van der Waals surface area contributed by atoms with E-state index in [9.17, 15) is 14.8 Å². The number of primary amides is 1. The number of piperidine rings is 2. The lowest BCUT2D eigenvalue weighted by Gasteiger charge is -2.38. The molecule has 5 rings (SSSR count). The first-order chi connectivity index (χ1) is 17.8. The molecule has 3 amide bonds. The van der Waals surface area contributed by atoms with Gasteiger partial charge in [0, 0.05) is 58.7 Å². The number of aryl methyl sites for hydroxylation is 2. The third-order valence-electron chi connectivity index (χ3n) is 8.27. The van der Waals surface area contributed by atoms with Gasteiger partial charge < -0.3 is 15.6 Å². The molecule has 0 unspecified atom stereocenters. The number of benzene rings is 1. The van der Waals surface area contributed by atoms with Crippen molar-refractivity contribution >= 4 is 55.4 Å². The second-order valence-corrected chi connectivity index (χ2v) is 12.7. The van der Waals surface area contributed by atoms with Crippen LogP contribution in [0, 0.1) is 17.0 Å². The van der Waals surface area contributed by atoms with Crippen LogP contribution < -0.4 is 5.48 Å². The molecule has 0 spiro atoms. The van der Waals surface area contributed by atoms with Crippen molar-refractivity contribution in [1.82, 2.24) is 14.8 Å². The summed E-state index contributed by atoms with van der Waals surface area (Å²) in [5.74, 6) is 1.01. The molecule has 2 aromatic rings. The lowest BCUT2D eigenvalue weighted by atomic mass is 9.76. The van der Waals surface area contributed by atoms with Crippen LogP contribution in [0.5, 0.6) is 0 Å². The van der Waals surface area contributed by atoms with E-state index in [1.54, 1.807) is 4.90 Å². The number of amides is 3. The van der Waals surface area contributed by atoms with E-state index >= 15 is 0 Å². The third kappa shape index (κ3) is 5.91. The molecule has 2 saturated heterocycles. The predicted molar refractivity (Wildman–Crippen MR) is 149 cm³/mol. The quantitative estimate of drug-likeness (QED) is 0.471. The van der Waals surface area contributed by atoms with Crippen LogP contribution in [0.25, 0.3) is 0 Å². The highest BCUT2D eigenvalue weighted by Gasteiger charge is 2.37. The Morgan fingerprint density at radius 2 is 1.68 bits per heavy atom. The summed E-state index contributed by atoms with van der Waals surface area (Å²) in [7, 11) is 0. The second-order valence-electron chi connectivity index (χ2n) is 10.4. The van der Waals surface area contributed by atoms with Gasteiger partial charge in [-0.3, -0.25) is 14.7 Å². The number of fused-ring (bicyclic) bond motifs is 2. The smallest absolute Gasteiger partial charge is 0.415 e. The van der Waals surface area contributed by atoms with E-state index in [1.165, 1.54) is 16.7 Å². The molecule has 198 valence electrons. The van der Waals surface area contributed by atoms with E-state index in [0.717, 1.165) is 71.3 Å². The third-order valence-corrected chi connectivity index (χ3v) is 9.58. The first-order valence-electron chi connectivity index (χ1n) is 13.0. The van der Waals surface area contributed by atoms with Gasteiger partial charge >= 0.3 is 6.03 Å². The summed E-state index contributed by atoms with van der Waals surface area (Å²) in [6, 6.07) is 5.83. The Kier molecular flexibility index (Phi) is 8.56. The number of hydrogen-bond donors (Lipinski definition) is 1. The Hall–Kier alpha value is -1.52. The molecular weight excluding hydrogens is 624 g/mol. The van der Waals surface area contributed by atoms with E-state index in [-0.39, 0.29) is 17.7 Å². The average Bonchev–Trinajstić information content (AvgIpc) is 3.05. The van der Waals surface area contributed by atoms with Crippen LogP contribution in [0.2, 0.25) is 5.02 Å². The van der Waals surface area contributed by atoms with Gasteiger partial charge in [-0.2, -0.15) is 0 Å². The van der Waals surface area contributed by atoms with Gasteiger partial charge in [0.05, 0.1) is 5.69 Å². The number of carbonyl (C=O) groups is 2. The normalized spacial score (nSPS) is 20.8. The minimum Gasteiger partial charge on any atom is -0.627 e. The van der Waals surface area contributed by atoms with Crippen molar-refractivity contribution in [2.75, 3.05) is 26.2 Å². The first kappa shape index (κ1) is 27.1. The van der Waals surface area contributed by atoms with E-state index in [1.807, 2.05) is 17.2 Å². The monoisotopic (exact) mass is 652 g/mol. The van der Waals surface area contributed by atoms with Gasteiger partial charge in [0.1, 0.15) is 0 Å². The number of nitrogens with zero attached hydrogens (tertiary/aromatic N) is 3. The van der Waals surface area contributed by atoms with E-state index in [2.05, 4.69) is 44.0 Å². The minimum atomic E-state index is -0.454. The molecule has 3 aliphatic rings. The van der Waals surface area contributed by atoms with Crippen LogP contribution >= 0.6 is 43.5 Å². The summed E-state index contributed by atoms with van der Waals surface area (Å²) in [5.41, 5.74) is 5.36. The zero-order valence-electron chi connectivity index (χ0n) is 20.6. The van der Waals surface area contributed by atoms with Gasteiger partial charge in [0.25, 0.3) is 0 Å².